The molecule has 0 radical (unpaired) electrons. The Bertz CT molecular complexity index is 1100. The zero-order chi connectivity index (χ0) is 22.6. The number of carbonyl (C=O) groups excluding carboxylic acids is 1. The van der Waals surface area contributed by atoms with E-state index in [1.54, 1.807) is 21.7 Å². The Morgan fingerprint density at radius 3 is 2.75 bits per heavy atom. The van der Waals surface area contributed by atoms with Crippen LogP contribution in [0.15, 0.2) is 34.3 Å². The molecule has 0 bridgehead atoms. The normalized spacial score (nSPS) is 19.7. The van der Waals surface area contributed by atoms with Crippen molar-refractivity contribution in [3.05, 3.63) is 29.8 Å². The van der Waals surface area contributed by atoms with Gasteiger partial charge >= 0.3 is 0 Å². The highest BCUT2D eigenvalue weighted by Crippen LogP contribution is 2.22. The summed E-state index contributed by atoms with van der Waals surface area (Å²) in [6.45, 7) is 2.23. The summed E-state index contributed by atoms with van der Waals surface area (Å²) < 4.78 is 34.5. The molecular formula is C19H23N7O4S2. The average Bonchev–Trinajstić information content (AvgIpc) is 3.50. The van der Waals surface area contributed by atoms with Gasteiger partial charge in [-0.1, -0.05) is 23.9 Å². The molecule has 1 atom stereocenters. The van der Waals surface area contributed by atoms with E-state index < -0.39 is 10.0 Å². The summed E-state index contributed by atoms with van der Waals surface area (Å²) >= 11 is 1.26. The van der Waals surface area contributed by atoms with Crippen molar-refractivity contribution in [2.45, 2.75) is 35.5 Å². The predicted octanol–water partition coefficient (Wildman–Crippen LogP) is 0.349. The van der Waals surface area contributed by atoms with Crippen molar-refractivity contribution in [1.82, 2.24) is 29.4 Å². The number of hydrogen-bond acceptors (Lipinski definition) is 9. The number of amides is 1. The van der Waals surface area contributed by atoms with Crippen molar-refractivity contribution in [3.63, 3.8) is 0 Å². The molecule has 2 aromatic rings. The molecule has 11 nitrogen and oxygen atoms in total. The number of rotatable bonds is 7. The number of aromatic nitrogens is 4. The van der Waals surface area contributed by atoms with E-state index in [1.807, 2.05) is 6.07 Å². The maximum absolute atomic E-state index is 12.9. The third-order valence-electron chi connectivity index (χ3n) is 5.44. The topological polar surface area (TPSA) is 134 Å². The molecule has 0 N–H and O–H groups in total. The molecule has 1 unspecified atom stereocenters. The smallest absolute Gasteiger partial charge is 0.244 e. The minimum Gasteiger partial charge on any atom is -0.376 e. The minimum absolute atomic E-state index is 0.00379. The monoisotopic (exact) mass is 477 g/mol. The van der Waals surface area contributed by atoms with Gasteiger partial charge in [-0.25, -0.2) is 13.1 Å². The third-order valence-corrected chi connectivity index (χ3v) is 8.34. The molecule has 2 fully saturated rings. The number of thioether (sulfide) groups is 1. The molecule has 4 rings (SSSR count). The summed E-state index contributed by atoms with van der Waals surface area (Å²) in [5.41, 5.74) is 0.114. The van der Waals surface area contributed by atoms with Crippen LogP contribution in [0.3, 0.4) is 0 Å². The minimum atomic E-state index is -3.79. The highest BCUT2D eigenvalue weighted by Gasteiger charge is 2.31. The molecule has 0 spiro atoms. The lowest BCUT2D eigenvalue weighted by Crippen LogP contribution is -2.51. The lowest BCUT2D eigenvalue weighted by molar-refractivity contribution is -0.129. The van der Waals surface area contributed by atoms with Crippen molar-refractivity contribution >= 4 is 27.7 Å². The van der Waals surface area contributed by atoms with Crippen LogP contribution in [0.1, 0.15) is 18.4 Å². The third kappa shape index (κ3) is 4.93. The molecule has 0 saturated carbocycles. The number of piperazine rings is 1. The van der Waals surface area contributed by atoms with Gasteiger partial charge in [0, 0.05) is 32.8 Å². The quantitative estimate of drug-likeness (QED) is 0.518. The largest absolute Gasteiger partial charge is 0.376 e. The van der Waals surface area contributed by atoms with Crippen LogP contribution in [0.4, 0.5) is 0 Å². The molecule has 1 aromatic carbocycles. The number of tetrazole rings is 1. The van der Waals surface area contributed by atoms with Crippen LogP contribution < -0.4 is 0 Å². The first-order valence-corrected chi connectivity index (χ1v) is 12.7. The molecule has 2 aliphatic heterocycles. The number of nitriles is 1. The van der Waals surface area contributed by atoms with E-state index in [0.717, 1.165) is 19.4 Å². The van der Waals surface area contributed by atoms with Gasteiger partial charge in [0.05, 0.1) is 28.9 Å². The predicted molar refractivity (Wildman–Crippen MR) is 114 cm³/mol. The number of hydrogen-bond donors (Lipinski definition) is 0. The Kier molecular flexibility index (Phi) is 7.04. The van der Waals surface area contributed by atoms with Gasteiger partial charge in [0.25, 0.3) is 0 Å². The first-order valence-electron chi connectivity index (χ1n) is 10.3. The highest BCUT2D eigenvalue weighted by molar-refractivity contribution is 7.99. The van der Waals surface area contributed by atoms with Crippen LogP contribution in [-0.2, 0) is 26.1 Å². The zero-order valence-corrected chi connectivity index (χ0v) is 19.0. The van der Waals surface area contributed by atoms with E-state index in [-0.39, 0.29) is 54.4 Å². The van der Waals surface area contributed by atoms with E-state index in [2.05, 4.69) is 15.5 Å². The first-order chi connectivity index (χ1) is 15.5. The van der Waals surface area contributed by atoms with Crippen LogP contribution in [0.25, 0.3) is 0 Å². The molecule has 32 heavy (non-hydrogen) atoms. The van der Waals surface area contributed by atoms with E-state index in [1.165, 1.54) is 28.2 Å². The van der Waals surface area contributed by atoms with Crippen molar-refractivity contribution in [2.75, 3.05) is 38.5 Å². The summed E-state index contributed by atoms with van der Waals surface area (Å²) in [4.78, 5) is 14.3. The number of sulfonamides is 1. The number of nitrogens with zero attached hydrogens (tertiary/aromatic N) is 7. The van der Waals surface area contributed by atoms with E-state index in [0.29, 0.717) is 11.7 Å². The van der Waals surface area contributed by atoms with E-state index in [4.69, 9.17) is 4.74 Å². The maximum Gasteiger partial charge on any atom is 0.244 e. The number of carbonyl (C=O) groups is 1. The second-order valence-corrected chi connectivity index (χ2v) is 10.3. The van der Waals surface area contributed by atoms with Crippen LogP contribution >= 0.6 is 11.8 Å². The van der Waals surface area contributed by atoms with Gasteiger partial charge in [0.2, 0.25) is 21.1 Å². The summed E-state index contributed by atoms with van der Waals surface area (Å²) in [6.07, 6.45) is 2.08. The lowest BCUT2D eigenvalue weighted by Gasteiger charge is -2.34. The van der Waals surface area contributed by atoms with Gasteiger partial charge in [-0.15, -0.1) is 5.10 Å². The highest BCUT2D eigenvalue weighted by atomic mass is 32.2. The summed E-state index contributed by atoms with van der Waals surface area (Å²) in [5, 5.41) is 21.5. The molecule has 1 amide bonds. The van der Waals surface area contributed by atoms with Crippen molar-refractivity contribution in [2.24, 2.45) is 0 Å². The molecule has 2 saturated heterocycles. The average molecular weight is 478 g/mol. The fraction of sp³-hybridized carbons (Fsp3) is 0.526. The Balaban J connectivity index is 1.31. The van der Waals surface area contributed by atoms with Gasteiger partial charge in [0.1, 0.15) is 6.07 Å². The molecule has 0 aliphatic carbocycles. The lowest BCUT2D eigenvalue weighted by atomic mass is 10.2. The summed E-state index contributed by atoms with van der Waals surface area (Å²) in [6, 6.07) is 8.06. The zero-order valence-electron chi connectivity index (χ0n) is 17.3. The second-order valence-electron chi connectivity index (χ2n) is 7.46. The summed E-state index contributed by atoms with van der Waals surface area (Å²) in [7, 11) is -3.79. The number of ether oxygens (including phenoxy) is 1. The van der Waals surface area contributed by atoms with E-state index >= 15 is 0 Å². The van der Waals surface area contributed by atoms with Crippen LogP contribution in [0.5, 0.6) is 0 Å². The molecule has 1 aromatic heterocycles. The van der Waals surface area contributed by atoms with Gasteiger partial charge in [-0.05, 0) is 35.4 Å². The molecular weight excluding hydrogens is 454 g/mol. The first kappa shape index (κ1) is 22.7. The second kappa shape index (κ2) is 9.95. The maximum atomic E-state index is 12.9. The molecule has 170 valence electrons. The number of benzene rings is 1. The fourth-order valence-corrected chi connectivity index (χ4v) is 6.07. The Hall–Kier alpha value is -2.53. The van der Waals surface area contributed by atoms with Crippen LogP contribution in [0.2, 0.25) is 0 Å². The van der Waals surface area contributed by atoms with Crippen molar-refractivity contribution in [3.8, 4) is 6.07 Å². The van der Waals surface area contributed by atoms with Gasteiger partial charge in [0.15, 0.2) is 0 Å². The Morgan fingerprint density at radius 1 is 1.25 bits per heavy atom. The van der Waals surface area contributed by atoms with Crippen LogP contribution in [-0.4, -0.2) is 88.4 Å². The van der Waals surface area contributed by atoms with E-state index in [9.17, 15) is 18.5 Å². The SMILES string of the molecule is N#Cc1ccccc1S(=O)(=O)N1CCN(C(=O)CSc2nnnn2CC2CCCO2)CC1. The molecule has 3 heterocycles. The van der Waals surface area contributed by atoms with Gasteiger partial charge in [-0.3, -0.25) is 4.79 Å². The Labute approximate surface area is 190 Å². The molecule has 13 heteroatoms. The molecule has 2 aliphatic rings. The van der Waals surface area contributed by atoms with Crippen LogP contribution in [0, 0.1) is 11.3 Å². The summed E-state index contributed by atoms with van der Waals surface area (Å²) in [5.74, 6) is 0.0618. The van der Waals surface area contributed by atoms with Crippen molar-refractivity contribution < 1.29 is 17.9 Å². The fourth-order valence-electron chi connectivity index (χ4n) is 3.71. The van der Waals surface area contributed by atoms with Crippen molar-refractivity contribution in [1.29, 1.82) is 5.26 Å². The standard InChI is InChI=1S/C19H23N7O4S2/c20-12-15-4-1-2-6-17(15)32(28,29)25-9-7-24(8-10-25)18(27)14-31-19-21-22-23-26(19)13-16-5-3-11-30-16/h1-2,4,6,16H,3,5,7-11,13-14H2. The van der Waals surface area contributed by atoms with Gasteiger partial charge < -0.3 is 9.64 Å². The van der Waals surface area contributed by atoms with Gasteiger partial charge in [-0.2, -0.15) is 9.57 Å². The Morgan fingerprint density at radius 2 is 2.03 bits per heavy atom.